The molecule has 2 bridgehead atoms. The number of piperazine rings is 1. The Morgan fingerprint density at radius 3 is 1.29 bits per heavy atom. The molecule has 12 nitrogen and oxygen atoms in total. The number of nitrogens with zero attached hydrogens (tertiary/aromatic N) is 2. The Kier molecular flexibility index (Phi) is 9.94. The van der Waals surface area contributed by atoms with Crippen molar-refractivity contribution in [1.82, 2.24) is 9.80 Å². The number of ether oxygens (including phenoxy) is 4. The summed E-state index contributed by atoms with van der Waals surface area (Å²) < 4.78 is 110. The molecule has 5 saturated heterocycles. The van der Waals surface area contributed by atoms with Crippen molar-refractivity contribution in [3.8, 4) is 0 Å². The summed E-state index contributed by atoms with van der Waals surface area (Å²) in [6.45, 7) is 0. The Morgan fingerprint density at radius 1 is 0.638 bits per heavy atom. The monoisotopic (exact) mass is 860 g/mol. The van der Waals surface area contributed by atoms with Crippen LogP contribution in [0, 0.1) is 11.8 Å². The van der Waals surface area contributed by atoms with E-state index in [1.165, 1.54) is 46.2 Å². The fraction of sp³-hybridized carbons (Fsp3) is 0.579. The molecule has 0 unspecified atom stereocenters. The van der Waals surface area contributed by atoms with Gasteiger partial charge in [-0.15, -0.1) is 0 Å². The number of carbonyl (C=O) groups is 4. The van der Waals surface area contributed by atoms with Gasteiger partial charge in [0.1, 0.15) is 12.2 Å². The van der Waals surface area contributed by atoms with Gasteiger partial charge in [-0.2, -0.15) is 26.3 Å². The SMILES string of the molecule is CO[C@@](C(=O)O[C@H]1CC[C@H](O)[C@H]2C[C@@]34SS[C@]5(C[C@H]6[C@@H]([C@@H](OC(=O)[C@](OC)(c7ccccc7)C(F)(F)F)CC[C@@H]6O)N5C3=O)C(=O)N4[C@@H]21)(c1ccccc1)C(F)(F)F. The van der Waals surface area contributed by atoms with Crippen molar-refractivity contribution in [3.05, 3.63) is 71.8 Å². The van der Waals surface area contributed by atoms with E-state index in [0.717, 1.165) is 45.9 Å². The molecule has 2 spiro atoms. The molecule has 2 saturated carbocycles. The third-order valence-electron chi connectivity index (χ3n) is 12.8. The Balaban J connectivity index is 1.14. The number of alkyl halides is 6. The summed E-state index contributed by atoms with van der Waals surface area (Å²) in [6.07, 6.45) is -16.7. The van der Waals surface area contributed by atoms with Crippen LogP contribution < -0.4 is 0 Å². The number of amides is 2. The van der Waals surface area contributed by atoms with Gasteiger partial charge >= 0.3 is 24.3 Å². The highest BCUT2D eigenvalue weighted by Gasteiger charge is 2.80. The number of hydrogen-bond acceptors (Lipinski definition) is 12. The van der Waals surface area contributed by atoms with Gasteiger partial charge in [0.2, 0.25) is 0 Å². The number of aliphatic hydroxyl groups excluding tert-OH is 2. The first kappa shape index (κ1) is 41.2. The van der Waals surface area contributed by atoms with Crippen molar-refractivity contribution in [2.24, 2.45) is 11.8 Å². The summed E-state index contributed by atoms with van der Waals surface area (Å²) in [5.41, 5.74) is -8.24. The first-order valence-electron chi connectivity index (χ1n) is 18.5. The highest BCUT2D eigenvalue weighted by molar-refractivity contribution is 8.78. The van der Waals surface area contributed by atoms with Crippen molar-refractivity contribution >= 4 is 45.3 Å². The van der Waals surface area contributed by atoms with Crippen LogP contribution in [0.3, 0.4) is 0 Å². The van der Waals surface area contributed by atoms with Crippen LogP contribution >= 0.6 is 21.6 Å². The molecule has 12 atom stereocenters. The third-order valence-corrected chi connectivity index (χ3v) is 16.4. The topological polar surface area (TPSA) is 152 Å². The Labute approximate surface area is 335 Å². The number of benzene rings is 2. The Bertz CT molecular complexity index is 1840. The van der Waals surface area contributed by atoms with Gasteiger partial charge in [-0.1, -0.05) is 82.3 Å². The lowest BCUT2D eigenvalue weighted by atomic mass is 9.79. The molecule has 2 N–H and O–H groups in total. The fourth-order valence-electron chi connectivity index (χ4n) is 10.2. The molecule has 58 heavy (non-hydrogen) atoms. The summed E-state index contributed by atoms with van der Waals surface area (Å²) in [4.78, 5) is 56.6. The smallest absolute Gasteiger partial charge is 0.432 e. The standard InChI is InChI=1S/C38H38F6N2O10S2/c1-53-35(37(39,40)41,19-9-5-3-6-10-19)31(51)55-25-15-13-23(47)21-17-33-30(50)46-28-22(18-34(46,58-57-33)29(49)45(33)27(21)25)24(48)14-16-26(28)56-32(52)36(54-2,38(42,43)44)20-11-7-4-8-12-20/h3-12,21-28,47-48H,13-18H2,1-2H3/t21-,22-,23+,24+,25+,26+,27+,28+,33-,34-,35-,36-/m1/s1. The lowest BCUT2D eigenvalue weighted by Gasteiger charge is -2.59. The van der Waals surface area contributed by atoms with Crippen LogP contribution in [0.2, 0.25) is 0 Å². The van der Waals surface area contributed by atoms with E-state index in [2.05, 4.69) is 0 Å². The van der Waals surface area contributed by atoms with Crippen molar-refractivity contribution in [2.45, 2.75) is 108 Å². The number of rotatable bonds is 8. The molecule has 7 fully saturated rings. The van der Waals surface area contributed by atoms with Crippen LogP contribution in [-0.4, -0.2) is 117 Å². The van der Waals surface area contributed by atoms with Gasteiger partial charge < -0.3 is 39.0 Å². The highest BCUT2D eigenvalue weighted by atomic mass is 33.1. The molecule has 0 aromatic heterocycles. The molecule has 2 aliphatic carbocycles. The predicted molar refractivity (Wildman–Crippen MR) is 191 cm³/mol. The van der Waals surface area contributed by atoms with Gasteiger partial charge in [0.15, 0.2) is 9.74 Å². The molecular weight excluding hydrogens is 823 g/mol. The molecular formula is C38H38F6N2O10S2. The van der Waals surface area contributed by atoms with Crippen LogP contribution in [0.4, 0.5) is 26.3 Å². The van der Waals surface area contributed by atoms with Gasteiger partial charge in [-0.05, 0) is 38.5 Å². The van der Waals surface area contributed by atoms with Crippen LogP contribution in [-0.2, 0) is 49.3 Å². The molecule has 20 heteroatoms. The number of fused-ring (bicyclic) bond motifs is 3. The van der Waals surface area contributed by atoms with E-state index in [9.17, 15) is 46.1 Å². The minimum absolute atomic E-state index is 0.0494. The number of carbonyl (C=O) groups excluding carboxylic acids is 4. The molecule has 314 valence electrons. The lowest BCUT2D eigenvalue weighted by Crippen LogP contribution is -2.77. The molecule has 0 radical (unpaired) electrons. The summed E-state index contributed by atoms with van der Waals surface area (Å²) in [5.74, 6) is -6.95. The molecule has 7 aliphatic rings. The quantitative estimate of drug-likeness (QED) is 0.218. The van der Waals surface area contributed by atoms with Crippen molar-refractivity contribution in [3.63, 3.8) is 0 Å². The summed E-state index contributed by atoms with van der Waals surface area (Å²) >= 11 is 0. The zero-order chi connectivity index (χ0) is 41.8. The summed E-state index contributed by atoms with van der Waals surface area (Å²) in [7, 11) is 3.42. The average molecular weight is 861 g/mol. The van der Waals surface area contributed by atoms with Crippen molar-refractivity contribution in [2.75, 3.05) is 14.2 Å². The third kappa shape index (κ3) is 5.46. The van der Waals surface area contributed by atoms with E-state index in [0.29, 0.717) is 14.2 Å². The summed E-state index contributed by atoms with van der Waals surface area (Å²) in [5, 5.41) is 22.6. The predicted octanol–water partition coefficient (Wildman–Crippen LogP) is 4.56. The van der Waals surface area contributed by atoms with Crippen LogP contribution in [0.15, 0.2) is 60.7 Å². The van der Waals surface area contributed by atoms with Gasteiger partial charge in [0.25, 0.3) is 23.0 Å². The van der Waals surface area contributed by atoms with Crippen LogP contribution in [0.1, 0.15) is 49.7 Å². The minimum atomic E-state index is -5.31. The number of aliphatic hydroxyl groups is 2. The van der Waals surface area contributed by atoms with Gasteiger partial charge in [0.05, 0.1) is 24.3 Å². The Hall–Kier alpha value is -3.56. The molecule has 2 amide bonds. The summed E-state index contributed by atoms with van der Waals surface area (Å²) in [6, 6.07) is 9.77. The molecule has 5 aliphatic heterocycles. The maximum Gasteiger partial charge on any atom is 0.432 e. The van der Waals surface area contributed by atoms with E-state index in [4.69, 9.17) is 18.9 Å². The van der Waals surface area contributed by atoms with E-state index in [1.54, 1.807) is 0 Å². The average Bonchev–Trinajstić information content (AvgIpc) is 3.74. The first-order valence-corrected chi connectivity index (χ1v) is 20.7. The second-order valence-corrected chi connectivity index (χ2v) is 18.2. The number of esters is 2. The van der Waals surface area contributed by atoms with Gasteiger partial charge in [-0.25, -0.2) is 9.59 Å². The fourth-order valence-corrected chi connectivity index (χ4v) is 14.0. The van der Waals surface area contributed by atoms with Crippen LogP contribution in [0.25, 0.3) is 0 Å². The zero-order valence-electron chi connectivity index (χ0n) is 30.8. The first-order chi connectivity index (χ1) is 27.4. The van der Waals surface area contributed by atoms with Crippen molar-refractivity contribution in [1.29, 1.82) is 0 Å². The second-order valence-electron chi connectivity index (χ2n) is 15.5. The second kappa shape index (κ2) is 14.0. The molecule has 2 aromatic rings. The van der Waals surface area contributed by atoms with E-state index in [1.807, 2.05) is 0 Å². The Morgan fingerprint density at radius 2 is 0.983 bits per heavy atom. The van der Waals surface area contributed by atoms with Gasteiger partial charge in [-0.3, -0.25) is 9.59 Å². The van der Waals surface area contributed by atoms with E-state index < -0.39 is 117 Å². The minimum Gasteiger partial charge on any atom is -0.458 e. The molecule has 9 rings (SSSR count). The largest absolute Gasteiger partial charge is 0.458 e. The number of methoxy groups -OCH3 is 2. The highest BCUT2D eigenvalue weighted by Crippen LogP contribution is 2.71. The maximum atomic E-state index is 15.1. The lowest BCUT2D eigenvalue weighted by molar-refractivity contribution is -0.281. The van der Waals surface area contributed by atoms with Crippen LogP contribution in [0.5, 0.6) is 0 Å². The number of halogens is 6. The van der Waals surface area contributed by atoms with E-state index in [-0.39, 0.29) is 38.5 Å². The van der Waals surface area contributed by atoms with Crippen molar-refractivity contribution < 1.29 is 74.7 Å². The maximum absolute atomic E-state index is 15.1. The zero-order valence-corrected chi connectivity index (χ0v) is 32.4. The van der Waals surface area contributed by atoms with E-state index >= 15 is 9.59 Å². The molecule has 2 aromatic carbocycles. The number of hydrogen-bond donors (Lipinski definition) is 2. The van der Waals surface area contributed by atoms with Gasteiger partial charge in [0, 0.05) is 37.2 Å². The molecule has 5 heterocycles. The normalized spacial score (nSPS) is 36.2.